The van der Waals surface area contributed by atoms with Crippen molar-refractivity contribution in [1.29, 1.82) is 0 Å². The normalized spacial score (nSPS) is 47.5. The van der Waals surface area contributed by atoms with Crippen LogP contribution in [0.3, 0.4) is 0 Å². The fourth-order valence-electron chi connectivity index (χ4n) is 19.5. The molecule has 5 aliphatic heterocycles. The summed E-state index contributed by atoms with van der Waals surface area (Å²) >= 11 is 0. The average molecular weight is 1500 g/mol. The molecule has 9 fully saturated rings. The van der Waals surface area contributed by atoms with Crippen molar-refractivity contribution in [2.24, 2.45) is 50.2 Å². The zero-order valence-corrected chi connectivity index (χ0v) is 60.5. The number of aliphatic carboxylic acids is 1. The Hall–Kier alpha value is -4.74. The number of allylic oxidation sites excluding steroid dienone is 1. The van der Waals surface area contributed by atoms with Gasteiger partial charge in [-0.25, -0.2) is 4.79 Å². The molecule has 5 heterocycles. The van der Waals surface area contributed by atoms with Crippen LogP contribution in [0.5, 0.6) is 11.5 Å². The van der Waals surface area contributed by atoms with Crippen molar-refractivity contribution in [3.8, 4) is 11.5 Å². The Morgan fingerprint density at radius 1 is 0.590 bits per heavy atom. The van der Waals surface area contributed by atoms with Gasteiger partial charge in [0.15, 0.2) is 48.9 Å². The lowest BCUT2D eigenvalue weighted by molar-refractivity contribution is -0.391. The first-order valence-electron chi connectivity index (χ1n) is 36.0. The van der Waals surface area contributed by atoms with Crippen LogP contribution < -0.4 is 9.47 Å². The van der Waals surface area contributed by atoms with Gasteiger partial charge >= 0.3 is 23.9 Å². The third-order valence-electron chi connectivity index (χ3n) is 25.4. The number of carboxylic acid groups (broad SMARTS) is 1. The minimum absolute atomic E-state index is 0.0289. The van der Waals surface area contributed by atoms with Crippen LogP contribution in [-0.4, -0.2) is 301 Å². The van der Waals surface area contributed by atoms with Crippen molar-refractivity contribution in [1.82, 2.24) is 0 Å². The molecule has 0 spiro atoms. The van der Waals surface area contributed by atoms with Crippen molar-refractivity contribution >= 4 is 30.0 Å². The highest BCUT2D eigenvalue weighted by molar-refractivity contribution is 5.87. The largest absolute Gasteiger partial charge is 0.493 e. The molecular formula is C72H106O33. The van der Waals surface area contributed by atoms with E-state index in [0.717, 1.165) is 18.6 Å². The van der Waals surface area contributed by atoms with Gasteiger partial charge in [-0.1, -0.05) is 45.4 Å². The molecule has 4 saturated carbocycles. The van der Waals surface area contributed by atoms with Crippen molar-refractivity contribution < 1.29 is 162 Å². The van der Waals surface area contributed by atoms with E-state index in [-0.39, 0.29) is 38.5 Å². The zero-order valence-electron chi connectivity index (χ0n) is 60.5. The quantitative estimate of drug-likeness (QED) is 0.0228. The van der Waals surface area contributed by atoms with Gasteiger partial charge in [-0.3, -0.25) is 14.4 Å². The van der Waals surface area contributed by atoms with Gasteiger partial charge in [0, 0.05) is 18.4 Å². The maximum atomic E-state index is 16.4. The number of rotatable bonds is 20. The molecule has 34 atom stereocenters. The second-order valence-corrected chi connectivity index (χ2v) is 31.9. The first-order valence-corrected chi connectivity index (χ1v) is 36.0. The molecule has 0 radical (unpaired) electrons. The van der Waals surface area contributed by atoms with Gasteiger partial charge in [-0.2, -0.15) is 0 Å². The standard InChI is InChI=1S/C72H106O33/c1-30-55(101-60-51(85)45(79)37(77)27-95-60)50(84)54(88)61(96-30)103-58-57(102-62-52(86)49(83)47(81)41(99-62)28-94-32(3)75)56(100-44(78)16-12-33-11-14-38(92-9)39(23-33)93-10)31(2)97-64(58)105-66(91)71-20-19-67(4,5)24-35(71)34-13-15-42-68(6)25-36(76)59(104-63-53(87)48(82)46(80)40(26-73)98-63)70(8,65(89)90)43(68)17-18-69(42,7)72(34,29-74)22-21-71/h11-14,16,23,30-31,35-37,40-43,45-64,73-74,76-77,79-88H,15,17-22,24-29H2,1-10H3,(H,89,90)/t30-,31+,35-,36-,37+,40+,41+,42+,43+,45-,46+,47+,48-,49-,50-,51+,52+,53+,54+,55-,56-,57-,58+,59-,60-,61-,62-,63-,64-,68+,69+,70-,71-,72-/m0/s1. The Kier molecular flexibility index (Phi) is 24.1. The monoisotopic (exact) mass is 1500 g/mol. The molecule has 15 N–H and O–H groups in total. The molecule has 0 bridgehead atoms. The molecule has 33 nitrogen and oxygen atoms in total. The number of benzene rings is 1. The number of carbonyl (C=O) groups is 4. The summed E-state index contributed by atoms with van der Waals surface area (Å²) in [5, 5.41) is 168. The highest BCUT2D eigenvalue weighted by atomic mass is 16.8. The molecule has 0 amide bonds. The van der Waals surface area contributed by atoms with Crippen LogP contribution in [0.1, 0.15) is 119 Å². The molecule has 0 unspecified atom stereocenters. The molecule has 5 aliphatic carbocycles. The van der Waals surface area contributed by atoms with Gasteiger partial charge in [0.05, 0.1) is 63.2 Å². The van der Waals surface area contributed by atoms with Crippen LogP contribution in [-0.2, 0) is 76.0 Å². The lowest BCUT2D eigenvalue weighted by Crippen LogP contribution is -2.71. The summed E-state index contributed by atoms with van der Waals surface area (Å²) in [4.78, 5) is 56.9. The van der Waals surface area contributed by atoms with E-state index in [9.17, 15) is 91.0 Å². The molecule has 1 aromatic rings. The van der Waals surface area contributed by atoms with E-state index in [2.05, 4.69) is 20.8 Å². The van der Waals surface area contributed by atoms with Crippen LogP contribution in [0.2, 0.25) is 0 Å². The van der Waals surface area contributed by atoms with Gasteiger partial charge in [-0.15, -0.1) is 0 Å². The topological polar surface area (TPSA) is 501 Å². The summed E-state index contributed by atoms with van der Waals surface area (Å²) in [5.74, 6) is -5.17. The number of methoxy groups -OCH3 is 2. The maximum absolute atomic E-state index is 16.4. The summed E-state index contributed by atoms with van der Waals surface area (Å²) in [7, 11) is 2.86. The number of aliphatic hydroxyl groups is 14. The van der Waals surface area contributed by atoms with Gasteiger partial charge in [0.25, 0.3) is 0 Å². The van der Waals surface area contributed by atoms with Crippen LogP contribution in [0, 0.1) is 50.2 Å². The van der Waals surface area contributed by atoms with Crippen LogP contribution in [0.25, 0.3) is 6.08 Å². The Morgan fingerprint density at radius 2 is 1.18 bits per heavy atom. The molecule has 33 heteroatoms. The van der Waals surface area contributed by atoms with E-state index in [4.69, 9.17) is 66.3 Å². The van der Waals surface area contributed by atoms with Crippen molar-refractivity contribution in [3.63, 3.8) is 0 Å². The Balaban J connectivity index is 0.954. The van der Waals surface area contributed by atoms with Crippen LogP contribution in [0.4, 0.5) is 0 Å². The maximum Gasteiger partial charge on any atom is 0.331 e. The number of carbonyl (C=O) groups excluding carboxylic acids is 3. The fraction of sp³-hybridized carbons (Fsp3) is 0.806. The van der Waals surface area contributed by atoms with E-state index >= 15 is 4.79 Å². The lowest BCUT2D eigenvalue weighted by atomic mass is 9.33. The predicted molar refractivity (Wildman–Crippen MR) is 353 cm³/mol. The lowest BCUT2D eigenvalue weighted by Gasteiger charge is -2.71. The molecule has 10 aliphatic rings. The third-order valence-corrected chi connectivity index (χ3v) is 25.4. The fourth-order valence-corrected chi connectivity index (χ4v) is 19.5. The number of aliphatic hydroxyl groups excluding tert-OH is 14. The molecule has 5 saturated heterocycles. The summed E-state index contributed by atoms with van der Waals surface area (Å²) in [5.41, 5.74) is -5.53. The molecule has 105 heavy (non-hydrogen) atoms. The number of hydrogen-bond acceptors (Lipinski definition) is 32. The highest BCUT2D eigenvalue weighted by Crippen LogP contribution is 2.76. The van der Waals surface area contributed by atoms with E-state index in [1.807, 2.05) is 13.0 Å². The molecular weight excluding hydrogens is 1390 g/mol. The van der Waals surface area contributed by atoms with Crippen molar-refractivity contribution in [3.05, 3.63) is 41.5 Å². The molecule has 592 valence electrons. The van der Waals surface area contributed by atoms with E-state index in [0.29, 0.717) is 36.3 Å². The van der Waals surface area contributed by atoms with Crippen molar-refractivity contribution in [2.45, 2.75) is 273 Å². The molecule has 11 rings (SSSR count). The van der Waals surface area contributed by atoms with E-state index in [1.54, 1.807) is 18.2 Å². The van der Waals surface area contributed by atoms with Crippen LogP contribution >= 0.6 is 0 Å². The Bertz CT molecular complexity index is 3320. The van der Waals surface area contributed by atoms with Gasteiger partial charge in [0.2, 0.25) is 6.29 Å². The first-order chi connectivity index (χ1) is 49.4. The number of esters is 3. The van der Waals surface area contributed by atoms with Gasteiger partial charge < -0.3 is 143 Å². The summed E-state index contributed by atoms with van der Waals surface area (Å²) in [6, 6.07) is 4.79. The zero-order chi connectivity index (χ0) is 76.7. The number of ether oxygens (including phenoxy) is 14. The number of hydrogen-bond donors (Lipinski definition) is 15. The van der Waals surface area contributed by atoms with Crippen LogP contribution in [0.15, 0.2) is 35.9 Å². The number of carboxylic acids is 1. The molecule has 0 aromatic heterocycles. The number of fused-ring (bicyclic) bond motifs is 7. The third kappa shape index (κ3) is 14.5. The van der Waals surface area contributed by atoms with Crippen molar-refractivity contribution in [2.75, 3.05) is 40.6 Å². The second-order valence-electron chi connectivity index (χ2n) is 31.9. The smallest absolute Gasteiger partial charge is 0.331 e. The Labute approximate surface area is 606 Å². The van der Waals surface area contributed by atoms with Gasteiger partial charge in [0.1, 0.15) is 104 Å². The second kappa shape index (κ2) is 31.2. The predicted octanol–water partition coefficient (Wildman–Crippen LogP) is -1.66. The first kappa shape index (κ1) is 81.3. The van der Waals surface area contributed by atoms with Gasteiger partial charge in [-0.05, 0) is 136 Å². The Morgan fingerprint density at radius 3 is 1.83 bits per heavy atom. The summed E-state index contributed by atoms with van der Waals surface area (Å²) in [6.07, 6.45) is -39.8. The van der Waals surface area contributed by atoms with E-state index < -0.39 is 260 Å². The summed E-state index contributed by atoms with van der Waals surface area (Å²) < 4.78 is 84.5. The van der Waals surface area contributed by atoms with E-state index in [1.165, 1.54) is 41.1 Å². The highest BCUT2D eigenvalue weighted by Gasteiger charge is 2.74. The molecule has 1 aromatic carbocycles. The SMILES string of the molecule is COc1ccc(C=CC(=O)O[C@@H]2[C@H](O[C@@H]3O[C@H](COC(C)=O)[C@@H](O)[C@H](O)[C@H]3O)[C@@H](O[C@@H]3O[C@@H](C)[C@H](O[C@@H]4OC[C@@H](O)[C@H](O)[C@H]4O)[C@@H](O)[C@H]3O)[C@H](OC(=O)[C@]34CCC(C)(C)C[C@H]3C3=CC[C@@H]5[C@@]6(C)C[C@H](O)[C@H](O[C@@H]7O[C@H](CO)[C@@H](O)[C@H](O)[C@H]7O)[C@@](C)(C(=O)O)[C@@H]6CC[C@@]5(C)[C@]3(CO)CC4)O[C@@H]2C)cc1OC. The summed E-state index contributed by atoms with van der Waals surface area (Å²) in [6.45, 7) is 11.1. The minimum atomic E-state index is -2.15. The average Bonchev–Trinajstić information content (AvgIpc) is 0.668. The minimum Gasteiger partial charge on any atom is -0.493 e.